The molecule has 6 fully saturated rings. The van der Waals surface area contributed by atoms with Gasteiger partial charge >= 0.3 is 5.97 Å². The van der Waals surface area contributed by atoms with Crippen LogP contribution in [-0.4, -0.2) is 40.8 Å². The summed E-state index contributed by atoms with van der Waals surface area (Å²) in [6, 6.07) is 0. The van der Waals surface area contributed by atoms with E-state index in [1.807, 2.05) is 6.08 Å². The van der Waals surface area contributed by atoms with Crippen LogP contribution in [0.5, 0.6) is 0 Å². The number of aliphatic hydroxyl groups excluding tert-OH is 1. The summed E-state index contributed by atoms with van der Waals surface area (Å²) in [5.74, 6) is 2.08. The third kappa shape index (κ3) is 1.89. The van der Waals surface area contributed by atoms with Crippen LogP contribution in [0.3, 0.4) is 0 Å². The number of hydrogen-bond donors (Lipinski definition) is 1. The highest BCUT2D eigenvalue weighted by atomic mass is 16.8. The maximum atomic E-state index is 11.6. The van der Waals surface area contributed by atoms with Crippen molar-refractivity contribution in [1.82, 2.24) is 0 Å². The van der Waals surface area contributed by atoms with Crippen molar-refractivity contribution in [2.45, 2.75) is 94.9 Å². The van der Waals surface area contributed by atoms with E-state index in [1.54, 1.807) is 6.08 Å². The van der Waals surface area contributed by atoms with Crippen LogP contribution in [0, 0.1) is 34.5 Å². The van der Waals surface area contributed by atoms with Crippen molar-refractivity contribution in [3.05, 3.63) is 12.2 Å². The summed E-state index contributed by atoms with van der Waals surface area (Å²) in [6.07, 6.45) is 12.4. The van der Waals surface area contributed by atoms with Crippen molar-refractivity contribution in [2.24, 2.45) is 34.5 Å². The first-order chi connectivity index (χ1) is 13.8. The van der Waals surface area contributed by atoms with Gasteiger partial charge in [-0.15, -0.1) is 0 Å². The lowest BCUT2D eigenvalue weighted by atomic mass is 9.43. The fourth-order valence-corrected chi connectivity index (χ4v) is 9.44. The normalized spacial score (nSPS) is 64.1. The Hall–Kier alpha value is -0.910. The van der Waals surface area contributed by atoms with Crippen molar-refractivity contribution in [2.75, 3.05) is 0 Å². The summed E-state index contributed by atoms with van der Waals surface area (Å²) < 4.78 is 18.1. The van der Waals surface area contributed by atoms with Crippen molar-refractivity contribution >= 4 is 5.97 Å². The van der Waals surface area contributed by atoms with Gasteiger partial charge in [0.2, 0.25) is 6.29 Å². The molecule has 1 spiro atoms. The van der Waals surface area contributed by atoms with Crippen molar-refractivity contribution in [3.8, 4) is 0 Å². The molecule has 158 valence electrons. The van der Waals surface area contributed by atoms with E-state index in [0.717, 1.165) is 25.7 Å². The lowest BCUT2D eigenvalue weighted by Crippen LogP contribution is -2.59. The molecule has 11 atom stereocenters. The van der Waals surface area contributed by atoms with E-state index in [0.29, 0.717) is 35.2 Å². The monoisotopic (exact) mass is 400 g/mol. The first-order valence-corrected chi connectivity index (χ1v) is 11.8. The maximum Gasteiger partial charge on any atom is 0.332 e. The quantitative estimate of drug-likeness (QED) is 0.540. The van der Waals surface area contributed by atoms with Crippen LogP contribution in [0.25, 0.3) is 0 Å². The average Bonchev–Trinajstić information content (AvgIpc) is 3.57. The molecule has 5 nitrogen and oxygen atoms in total. The number of esters is 1. The predicted molar refractivity (Wildman–Crippen MR) is 104 cm³/mol. The number of carbonyl (C=O) groups excluding carboxylic acids is 1. The number of epoxide rings is 2. The second kappa shape index (κ2) is 5.11. The van der Waals surface area contributed by atoms with Gasteiger partial charge in [-0.05, 0) is 80.6 Å². The second-order valence-electron chi connectivity index (χ2n) is 11.6. The zero-order valence-corrected chi connectivity index (χ0v) is 17.4. The fraction of sp³-hybridized carbons (Fsp3) is 0.875. The standard InChI is InChI=1S/C24H32O5/c1-21-8-5-14(25)11-13(21)3-4-16-15(21)6-9-22(2)17(12-18-24(16,22)28-18)23-10-7-19(26)27-20(23)29-23/h7,10,13-18,20,25H,3-6,8-9,11-12H2,1-2H3/t13-,14+,15+,16-,17+,18-,20-,21+,22-,23+,24-/m1/s1. The minimum Gasteiger partial charge on any atom is -0.429 e. The molecule has 0 unspecified atom stereocenters. The van der Waals surface area contributed by atoms with Crippen LogP contribution in [0.15, 0.2) is 12.2 Å². The molecule has 0 aromatic carbocycles. The molecule has 0 radical (unpaired) electrons. The molecular weight excluding hydrogens is 368 g/mol. The molecule has 1 N–H and O–H groups in total. The van der Waals surface area contributed by atoms with Gasteiger partial charge in [0, 0.05) is 17.4 Å². The number of ether oxygens (including phenoxy) is 3. The molecular formula is C24H32O5. The molecule has 4 saturated carbocycles. The summed E-state index contributed by atoms with van der Waals surface area (Å²) >= 11 is 0. The average molecular weight is 401 g/mol. The van der Waals surface area contributed by atoms with E-state index in [4.69, 9.17) is 14.2 Å². The van der Waals surface area contributed by atoms with E-state index in [-0.39, 0.29) is 29.4 Å². The molecule has 5 heteroatoms. The Kier molecular flexibility index (Phi) is 3.12. The highest BCUT2D eigenvalue weighted by Crippen LogP contribution is 2.79. The Bertz CT molecular complexity index is 824. The number of aliphatic hydroxyl groups is 1. The minimum absolute atomic E-state index is 0.00876. The fourth-order valence-electron chi connectivity index (χ4n) is 9.44. The van der Waals surface area contributed by atoms with Gasteiger partial charge in [0.05, 0.1) is 12.2 Å². The van der Waals surface area contributed by atoms with Gasteiger partial charge in [0.1, 0.15) is 5.60 Å². The Balaban J connectivity index is 1.24. The summed E-state index contributed by atoms with van der Waals surface area (Å²) in [5.41, 5.74) is 0.0174. The lowest BCUT2D eigenvalue weighted by molar-refractivity contribution is -0.151. The van der Waals surface area contributed by atoms with Crippen LogP contribution in [0.4, 0.5) is 0 Å². The highest BCUT2D eigenvalue weighted by Gasteiger charge is 2.85. The largest absolute Gasteiger partial charge is 0.429 e. The molecule has 7 rings (SSSR count). The molecule has 29 heavy (non-hydrogen) atoms. The molecule has 7 aliphatic rings. The zero-order valence-electron chi connectivity index (χ0n) is 17.4. The third-order valence-electron chi connectivity index (χ3n) is 10.9. The Morgan fingerprint density at radius 2 is 1.90 bits per heavy atom. The molecule has 0 aromatic rings. The number of rotatable bonds is 1. The Labute approximate surface area is 172 Å². The van der Waals surface area contributed by atoms with Gasteiger partial charge in [-0.1, -0.05) is 13.8 Å². The molecule has 0 aromatic heterocycles. The van der Waals surface area contributed by atoms with Gasteiger partial charge in [0.25, 0.3) is 0 Å². The zero-order chi connectivity index (χ0) is 19.8. The third-order valence-corrected chi connectivity index (χ3v) is 10.9. The van der Waals surface area contributed by atoms with Gasteiger partial charge in [-0.25, -0.2) is 4.79 Å². The van der Waals surface area contributed by atoms with E-state index in [9.17, 15) is 9.90 Å². The molecule has 4 aliphatic carbocycles. The van der Waals surface area contributed by atoms with Crippen LogP contribution in [-0.2, 0) is 19.0 Å². The van der Waals surface area contributed by atoms with Crippen molar-refractivity contribution in [3.63, 3.8) is 0 Å². The number of hydrogen-bond acceptors (Lipinski definition) is 5. The number of carbonyl (C=O) groups is 1. The Morgan fingerprint density at radius 1 is 1.03 bits per heavy atom. The maximum absolute atomic E-state index is 11.6. The number of fused-ring (bicyclic) bond motifs is 4. The minimum atomic E-state index is -0.407. The molecule has 0 amide bonds. The molecule has 3 aliphatic heterocycles. The lowest BCUT2D eigenvalue weighted by Gasteiger charge is -2.61. The van der Waals surface area contributed by atoms with Crippen LogP contribution in [0.2, 0.25) is 0 Å². The molecule has 0 bridgehead atoms. The van der Waals surface area contributed by atoms with E-state index >= 15 is 0 Å². The van der Waals surface area contributed by atoms with Crippen LogP contribution >= 0.6 is 0 Å². The summed E-state index contributed by atoms with van der Waals surface area (Å²) in [7, 11) is 0. The van der Waals surface area contributed by atoms with Gasteiger partial charge in [-0.3, -0.25) is 0 Å². The summed E-state index contributed by atoms with van der Waals surface area (Å²) in [5, 5.41) is 10.3. The van der Waals surface area contributed by atoms with Gasteiger partial charge in [-0.2, -0.15) is 0 Å². The molecule has 3 heterocycles. The first-order valence-electron chi connectivity index (χ1n) is 11.8. The first kappa shape index (κ1) is 17.7. The van der Waals surface area contributed by atoms with Crippen LogP contribution in [0.1, 0.15) is 65.2 Å². The van der Waals surface area contributed by atoms with Gasteiger partial charge in [0.15, 0.2) is 5.60 Å². The van der Waals surface area contributed by atoms with E-state index < -0.39 is 5.60 Å². The highest BCUT2D eigenvalue weighted by molar-refractivity contribution is 5.84. The van der Waals surface area contributed by atoms with Crippen molar-refractivity contribution in [1.29, 1.82) is 0 Å². The van der Waals surface area contributed by atoms with Gasteiger partial charge < -0.3 is 19.3 Å². The predicted octanol–water partition coefficient (Wildman–Crippen LogP) is 3.35. The van der Waals surface area contributed by atoms with Crippen molar-refractivity contribution < 1.29 is 24.1 Å². The molecule has 2 saturated heterocycles. The topological polar surface area (TPSA) is 71.6 Å². The van der Waals surface area contributed by atoms with E-state index in [2.05, 4.69) is 13.8 Å². The summed E-state index contributed by atoms with van der Waals surface area (Å²) in [4.78, 5) is 11.6. The Morgan fingerprint density at radius 3 is 2.72 bits per heavy atom. The van der Waals surface area contributed by atoms with E-state index in [1.165, 1.54) is 25.7 Å². The second-order valence-corrected chi connectivity index (χ2v) is 11.6. The summed E-state index contributed by atoms with van der Waals surface area (Å²) in [6.45, 7) is 4.96. The smallest absolute Gasteiger partial charge is 0.332 e. The van der Waals surface area contributed by atoms with Crippen LogP contribution < -0.4 is 0 Å². The SMILES string of the molecule is C[C@]12CC[C@H](O)C[C@H]1CC[C@@H]1[C@@H]2CC[C@]2(C)[C@@H]([C@@]34C=CC(=O)O[C@@H]3O4)C[C@H]3O[C@]132.